The fourth-order valence-corrected chi connectivity index (χ4v) is 4.48. The number of hydrogen-bond acceptors (Lipinski definition) is 4. The molecule has 0 amide bonds. The molecule has 6 nitrogen and oxygen atoms in total. The third-order valence-corrected chi connectivity index (χ3v) is 6.82. The van der Waals surface area contributed by atoms with E-state index >= 15 is 0 Å². The highest BCUT2D eigenvalue weighted by atomic mass is 16.5. The molecule has 1 aromatic carbocycles. The molecule has 0 unspecified atom stereocenters. The number of rotatable bonds is 10. The highest BCUT2D eigenvalue weighted by molar-refractivity contribution is 5.79. The van der Waals surface area contributed by atoms with Gasteiger partial charge >= 0.3 is 0 Å². The number of guanidine groups is 1. The second kappa shape index (κ2) is 11.6. The number of benzene rings is 1. The van der Waals surface area contributed by atoms with E-state index in [1.165, 1.54) is 30.5 Å². The molecule has 0 bridgehead atoms. The van der Waals surface area contributed by atoms with Gasteiger partial charge < -0.3 is 25.4 Å². The van der Waals surface area contributed by atoms with Gasteiger partial charge in [0, 0.05) is 52.2 Å². The van der Waals surface area contributed by atoms with Crippen molar-refractivity contribution in [2.24, 2.45) is 16.3 Å². The van der Waals surface area contributed by atoms with Crippen molar-refractivity contribution in [1.82, 2.24) is 10.6 Å². The first-order valence-corrected chi connectivity index (χ1v) is 11.6. The molecule has 0 spiro atoms. The second-order valence-corrected chi connectivity index (χ2v) is 8.92. The number of aliphatic hydroxyl groups is 1. The summed E-state index contributed by atoms with van der Waals surface area (Å²) in [6.07, 6.45) is 7.15. The molecule has 1 saturated carbocycles. The topological polar surface area (TPSA) is 69.1 Å². The predicted octanol–water partition coefficient (Wildman–Crippen LogP) is 3.16. The van der Waals surface area contributed by atoms with Crippen molar-refractivity contribution < 1.29 is 9.84 Å². The minimum Gasteiger partial charge on any atom is -0.396 e. The van der Waals surface area contributed by atoms with Crippen LogP contribution in [0.2, 0.25) is 0 Å². The van der Waals surface area contributed by atoms with Gasteiger partial charge in [0.15, 0.2) is 5.96 Å². The predicted molar refractivity (Wildman–Crippen MR) is 124 cm³/mol. The number of nitrogens with zero attached hydrogens (tertiary/aromatic N) is 2. The summed E-state index contributed by atoms with van der Waals surface area (Å²) in [5, 5.41) is 16.3. The number of hydrogen-bond donors (Lipinski definition) is 3. The van der Waals surface area contributed by atoms with E-state index < -0.39 is 0 Å². The van der Waals surface area contributed by atoms with Gasteiger partial charge in [0.1, 0.15) is 0 Å². The molecular formula is C24H40N4O2. The van der Waals surface area contributed by atoms with Crippen molar-refractivity contribution in [1.29, 1.82) is 0 Å². The molecule has 0 aromatic heterocycles. The van der Waals surface area contributed by atoms with Gasteiger partial charge in [-0.25, -0.2) is 4.99 Å². The van der Waals surface area contributed by atoms with Gasteiger partial charge in [-0.2, -0.15) is 0 Å². The number of methoxy groups -OCH3 is 1. The maximum atomic E-state index is 9.32. The van der Waals surface area contributed by atoms with Crippen molar-refractivity contribution in [2.75, 3.05) is 51.4 Å². The minimum atomic E-state index is 0.320. The lowest BCUT2D eigenvalue weighted by atomic mass is 9.67. The summed E-state index contributed by atoms with van der Waals surface area (Å²) in [7, 11) is 1.79. The van der Waals surface area contributed by atoms with Crippen LogP contribution in [-0.2, 0) is 11.3 Å². The molecule has 1 heterocycles. The fourth-order valence-electron chi connectivity index (χ4n) is 4.48. The Bertz CT molecular complexity index is 650. The second-order valence-electron chi connectivity index (χ2n) is 8.92. The number of aliphatic hydroxyl groups excluding tert-OH is 1. The zero-order chi connectivity index (χ0) is 21.2. The normalized spacial score (nSPS) is 19.4. The molecule has 1 saturated heterocycles. The molecular weight excluding hydrogens is 376 g/mol. The first-order valence-electron chi connectivity index (χ1n) is 11.6. The number of ether oxygens (including phenoxy) is 1. The van der Waals surface area contributed by atoms with Crippen LogP contribution in [0.25, 0.3) is 0 Å². The summed E-state index contributed by atoms with van der Waals surface area (Å²) in [5.74, 6) is 1.37. The Balaban J connectivity index is 1.51. The Kier molecular flexibility index (Phi) is 8.82. The van der Waals surface area contributed by atoms with E-state index in [0.29, 0.717) is 24.5 Å². The summed E-state index contributed by atoms with van der Waals surface area (Å²) in [5.41, 5.74) is 2.87. The number of anilines is 1. The van der Waals surface area contributed by atoms with Gasteiger partial charge in [-0.05, 0) is 68.1 Å². The first-order chi connectivity index (χ1) is 14.7. The lowest BCUT2D eigenvalue weighted by molar-refractivity contribution is 0.0732. The Hall–Kier alpha value is -1.79. The van der Waals surface area contributed by atoms with Gasteiger partial charge in [-0.3, -0.25) is 0 Å². The molecule has 2 aliphatic rings. The van der Waals surface area contributed by atoms with Gasteiger partial charge in [-0.1, -0.05) is 18.6 Å². The lowest BCUT2D eigenvalue weighted by Gasteiger charge is -2.42. The molecule has 1 aromatic rings. The molecule has 1 aliphatic carbocycles. The Morgan fingerprint density at radius 2 is 1.93 bits per heavy atom. The van der Waals surface area contributed by atoms with Gasteiger partial charge in [0.25, 0.3) is 0 Å². The Morgan fingerprint density at radius 3 is 2.50 bits per heavy atom. The van der Waals surface area contributed by atoms with E-state index in [0.717, 1.165) is 58.0 Å². The summed E-state index contributed by atoms with van der Waals surface area (Å²) >= 11 is 0. The SMILES string of the molecule is CCNC(=NCc1ccc(N2CCC(CO)CC2)cc1)NCC1(CCOC)CCC1. The van der Waals surface area contributed by atoms with Crippen LogP contribution in [0.5, 0.6) is 0 Å². The van der Waals surface area contributed by atoms with Crippen LogP contribution in [0.4, 0.5) is 5.69 Å². The quantitative estimate of drug-likeness (QED) is 0.404. The summed E-state index contributed by atoms with van der Waals surface area (Å²) < 4.78 is 5.31. The summed E-state index contributed by atoms with van der Waals surface area (Å²) in [6.45, 7) is 7.82. The third-order valence-electron chi connectivity index (χ3n) is 6.82. The highest BCUT2D eigenvalue weighted by Crippen LogP contribution is 2.43. The Morgan fingerprint density at radius 1 is 1.20 bits per heavy atom. The van der Waals surface area contributed by atoms with E-state index in [2.05, 4.69) is 46.7 Å². The largest absolute Gasteiger partial charge is 0.396 e. The molecule has 2 fully saturated rings. The maximum absolute atomic E-state index is 9.32. The molecule has 3 rings (SSSR count). The zero-order valence-corrected chi connectivity index (χ0v) is 18.8. The van der Waals surface area contributed by atoms with Gasteiger partial charge in [0.05, 0.1) is 6.54 Å². The first kappa shape index (κ1) is 22.9. The van der Waals surface area contributed by atoms with E-state index in [9.17, 15) is 5.11 Å². The van der Waals surface area contributed by atoms with Gasteiger partial charge in [-0.15, -0.1) is 0 Å². The number of piperidine rings is 1. The third kappa shape index (κ3) is 6.35. The van der Waals surface area contributed by atoms with Crippen molar-refractivity contribution >= 4 is 11.6 Å². The molecule has 0 radical (unpaired) electrons. The van der Waals surface area contributed by atoms with Crippen LogP contribution in [0.15, 0.2) is 29.3 Å². The smallest absolute Gasteiger partial charge is 0.191 e. The molecule has 1 aliphatic heterocycles. The maximum Gasteiger partial charge on any atom is 0.191 e. The molecule has 0 atom stereocenters. The van der Waals surface area contributed by atoms with E-state index in [1.807, 2.05) is 0 Å². The zero-order valence-electron chi connectivity index (χ0n) is 18.8. The molecule has 168 valence electrons. The van der Waals surface area contributed by atoms with Crippen molar-refractivity contribution in [3.63, 3.8) is 0 Å². The summed E-state index contributed by atoms with van der Waals surface area (Å²) in [6, 6.07) is 8.79. The lowest BCUT2D eigenvalue weighted by Crippen LogP contribution is -2.46. The highest BCUT2D eigenvalue weighted by Gasteiger charge is 2.36. The van der Waals surface area contributed by atoms with Crippen molar-refractivity contribution in [3.8, 4) is 0 Å². The van der Waals surface area contributed by atoms with E-state index in [-0.39, 0.29) is 0 Å². The molecule has 3 N–H and O–H groups in total. The van der Waals surface area contributed by atoms with Crippen LogP contribution in [0, 0.1) is 11.3 Å². The van der Waals surface area contributed by atoms with Gasteiger partial charge in [0.2, 0.25) is 0 Å². The van der Waals surface area contributed by atoms with Crippen LogP contribution in [0.3, 0.4) is 0 Å². The average molecular weight is 417 g/mol. The van der Waals surface area contributed by atoms with Crippen LogP contribution in [-0.4, -0.2) is 57.6 Å². The molecule has 6 heteroatoms. The number of nitrogens with one attached hydrogen (secondary N) is 2. The van der Waals surface area contributed by atoms with Crippen LogP contribution < -0.4 is 15.5 Å². The van der Waals surface area contributed by atoms with Crippen molar-refractivity contribution in [3.05, 3.63) is 29.8 Å². The average Bonchev–Trinajstić information content (AvgIpc) is 2.77. The standard InChI is InChI=1S/C24H40N4O2/c1-3-25-23(27-19-24(11-4-12-24)13-16-30-2)26-17-20-5-7-22(8-6-20)28-14-9-21(18-29)10-15-28/h5-8,21,29H,3-4,9-19H2,1-2H3,(H2,25,26,27). The van der Waals surface area contributed by atoms with E-state index in [4.69, 9.17) is 9.73 Å². The van der Waals surface area contributed by atoms with Crippen LogP contribution in [0.1, 0.15) is 51.0 Å². The minimum absolute atomic E-state index is 0.320. The van der Waals surface area contributed by atoms with Crippen LogP contribution >= 0.6 is 0 Å². The Labute approximate surface area is 182 Å². The van der Waals surface area contributed by atoms with E-state index in [1.54, 1.807) is 7.11 Å². The fraction of sp³-hybridized carbons (Fsp3) is 0.708. The monoisotopic (exact) mass is 416 g/mol. The number of aliphatic imine (C=N–C) groups is 1. The summed E-state index contributed by atoms with van der Waals surface area (Å²) in [4.78, 5) is 7.23. The van der Waals surface area contributed by atoms with Crippen molar-refractivity contribution in [2.45, 2.75) is 52.0 Å². The molecule has 30 heavy (non-hydrogen) atoms.